The van der Waals surface area contributed by atoms with E-state index >= 15 is 0 Å². The van der Waals surface area contributed by atoms with Crippen molar-refractivity contribution < 1.29 is 0 Å². The van der Waals surface area contributed by atoms with E-state index in [0.29, 0.717) is 41.3 Å². The average molecular weight is 409 g/mol. The Balaban J connectivity index is 2.24. The van der Waals surface area contributed by atoms with Gasteiger partial charge in [0, 0.05) is 32.7 Å². The second kappa shape index (κ2) is 7.80. The van der Waals surface area contributed by atoms with Gasteiger partial charge in [-0.05, 0) is 32.4 Å². The molecule has 30 heavy (non-hydrogen) atoms. The van der Waals surface area contributed by atoms with Gasteiger partial charge in [-0.1, -0.05) is 18.2 Å². The quantitative estimate of drug-likeness (QED) is 0.650. The van der Waals surface area contributed by atoms with Gasteiger partial charge in [0.1, 0.15) is 0 Å². The van der Waals surface area contributed by atoms with Crippen molar-refractivity contribution >= 4 is 17.1 Å². The number of hydrogen-bond donors (Lipinski definition) is 1. The summed E-state index contributed by atoms with van der Waals surface area (Å²) in [7, 11) is 3.46. The monoisotopic (exact) mass is 409 g/mol. The van der Waals surface area contributed by atoms with Crippen LogP contribution in [0.3, 0.4) is 0 Å². The molecular weight excluding hydrogens is 382 g/mol. The third kappa shape index (κ3) is 3.74. The highest BCUT2D eigenvalue weighted by molar-refractivity contribution is 5.74. The summed E-state index contributed by atoms with van der Waals surface area (Å²) < 4.78 is 4.33. The minimum absolute atomic E-state index is 0.0150. The molecule has 9 heteroatoms. The molecule has 3 rings (SSSR count). The molecule has 0 unspecified atom stereocenters. The van der Waals surface area contributed by atoms with E-state index in [1.807, 2.05) is 32.7 Å². The Hall–Kier alpha value is -3.38. The van der Waals surface area contributed by atoms with Crippen LogP contribution in [0.25, 0.3) is 11.2 Å². The molecule has 0 saturated carbocycles. The SMILES string of the molecule is CCn1c(N(C)CC(C)(C)N)nc2c1c(=O)n(Cc1ccccc1C#N)c(=O)n2C. The summed E-state index contributed by atoms with van der Waals surface area (Å²) in [5.41, 5.74) is 6.51. The van der Waals surface area contributed by atoms with Crippen LogP contribution >= 0.6 is 0 Å². The van der Waals surface area contributed by atoms with Gasteiger partial charge >= 0.3 is 5.69 Å². The Morgan fingerprint density at radius 3 is 2.50 bits per heavy atom. The summed E-state index contributed by atoms with van der Waals surface area (Å²) in [4.78, 5) is 32.8. The van der Waals surface area contributed by atoms with Crippen molar-refractivity contribution in [3.05, 3.63) is 56.2 Å². The second-order valence-corrected chi connectivity index (χ2v) is 8.17. The molecule has 0 bridgehead atoms. The summed E-state index contributed by atoms with van der Waals surface area (Å²) in [6, 6.07) is 9.05. The van der Waals surface area contributed by atoms with E-state index in [1.54, 1.807) is 35.9 Å². The molecule has 0 fully saturated rings. The lowest BCUT2D eigenvalue weighted by Gasteiger charge is -2.27. The number of fused-ring (bicyclic) bond motifs is 1. The minimum atomic E-state index is -0.477. The molecule has 1 aromatic carbocycles. The molecule has 0 aliphatic heterocycles. The molecule has 2 heterocycles. The number of aryl methyl sites for hydroxylation is 2. The highest BCUT2D eigenvalue weighted by Gasteiger charge is 2.24. The predicted octanol–water partition coefficient (Wildman–Crippen LogP) is 1.01. The van der Waals surface area contributed by atoms with Crippen LogP contribution in [0.1, 0.15) is 31.9 Å². The normalized spacial score (nSPS) is 11.6. The van der Waals surface area contributed by atoms with Gasteiger partial charge in [-0.15, -0.1) is 0 Å². The summed E-state index contributed by atoms with van der Waals surface area (Å²) in [5, 5.41) is 9.35. The lowest BCUT2D eigenvalue weighted by molar-refractivity contribution is 0.512. The number of nitrogens with zero attached hydrogens (tertiary/aromatic N) is 6. The molecule has 0 atom stereocenters. The van der Waals surface area contributed by atoms with Crippen LogP contribution in [-0.2, 0) is 20.1 Å². The van der Waals surface area contributed by atoms with Crippen molar-refractivity contribution in [2.24, 2.45) is 12.8 Å². The first-order valence-electron chi connectivity index (χ1n) is 9.77. The smallest absolute Gasteiger partial charge is 0.332 e. The lowest BCUT2D eigenvalue weighted by atomic mass is 10.1. The zero-order chi connectivity index (χ0) is 22.2. The molecule has 158 valence electrons. The number of likely N-dealkylation sites (N-methyl/N-ethyl adjacent to an activating group) is 1. The first-order valence-corrected chi connectivity index (χ1v) is 9.77. The molecule has 2 N–H and O–H groups in total. The van der Waals surface area contributed by atoms with Crippen molar-refractivity contribution in [3.8, 4) is 6.07 Å². The fraction of sp³-hybridized carbons (Fsp3) is 0.429. The Labute approximate surface area is 174 Å². The largest absolute Gasteiger partial charge is 0.343 e. The van der Waals surface area contributed by atoms with Crippen LogP contribution in [0, 0.1) is 11.3 Å². The van der Waals surface area contributed by atoms with Gasteiger partial charge in [0.05, 0.1) is 18.2 Å². The number of aromatic nitrogens is 4. The number of rotatable bonds is 6. The molecule has 0 radical (unpaired) electrons. The van der Waals surface area contributed by atoms with Crippen LogP contribution in [0.5, 0.6) is 0 Å². The highest BCUT2D eigenvalue weighted by Crippen LogP contribution is 2.20. The van der Waals surface area contributed by atoms with E-state index < -0.39 is 16.8 Å². The molecule has 3 aromatic rings. The number of nitriles is 1. The molecule has 2 aromatic heterocycles. The van der Waals surface area contributed by atoms with Gasteiger partial charge in [0.15, 0.2) is 11.2 Å². The predicted molar refractivity (Wildman–Crippen MR) is 117 cm³/mol. The van der Waals surface area contributed by atoms with Crippen LogP contribution in [-0.4, -0.2) is 37.8 Å². The van der Waals surface area contributed by atoms with E-state index in [0.717, 1.165) is 4.57 Å². The van der Waals surface area contributed by atoms with Crippen LogP contribution in [0.2, 0.25) is 0 Å². The van der Waals surface area contributed by atoms with E-state index in [4.69, 9.17) is 5.73 Å². The van der Waals surface area contributed by atoms with Gasteiger partial charge in [0.2, 0.25) is 5.95 Å². The van der Waals surface area contributed by atoms with Crippen molar-refractivity contribution in [1.82, 2.24) is 18.7 Å². The number of nitrogens with two attached hydrogens (primary N) is 1. The Morgan fingerprint density at radius 1 is 1.23 bits per heavy atom. The second-order valence-electron chi connectivity index (χ2n) is 8.17. The van der Waals surface area contributed by atoms with Gasteiger partial charge in [-0.2, -0.15) is 10.2 Å². The standard InChI is InChI=1S/C21H27N7O2/c1-6-27-16-17(24-19(27)25(4)13-21(2,3)23)26(5)20(30)28(18(16)29)12-15-10-8-7-9-14(15)11-22/h7-10H,6,12-13,23H2,1-5H3. The van der Waals surface area contributed by atoms with Crippen molar-refractivity contribution in [2.75, 3.05) is 18.5 Å². The molecule has 9 nitrogen and oxygen atoms in total. The van der Waals surface area contributed by atoms with Crippen LogP contribution in [0.15, 0.2) is 33.9 Å². The number of hydrogen-bond acceptors (Lipinski definition) is 6. The van der Waals surface area contributed by atoms with Gasteiger partial charge < -0.3 is 15.2 Å². The third-order valence-electron chi connectivity index (χ3n) is 4.98. The van der Waals surface area contributed by atoms with Gasteiger partial charge in [-0.3, -0.25) is 13.9 Å². The Kier molecular flexibility index (Phi) is 5.55. The summed E-state index contributed by atoms with van der Waals surface area (Å²) in [6.45, 7) is 6.79. The third-order valence-corrected chi connectivity index (χ3v) is 4.98. The fourth-order valence-electron chi connectivity index (χ4n) is 3.71. The molecule has 0 aliphatic carbocycles. The summed E-state index contributed by atoms with van der Waals surface area (Å²) in [5.74, 6) is 0.577. The zero-order valence-corrected chi connectivity index (χ0v) is 18.0. The molecule has 0 saturated heterocycles. The maximum Gasteiger partial charge on any atom is 0.332 e. The first kappa shape index (κ1) is 21.3. The maximum absolute atomic E-state index is 13.4. The maximum atomic E-state index is 13.4. The molecule has 0 aliphatic rings. The topological polar surface area (TPSA) is 115 Å². The Bertz CT molecular complexity index is 1250. The van der Waals surface area contributed by atoms with Crippen LogP contribution in [0.4, 0.5) is 5.95 Å². The van der Waals surface area contributed by atoms with Crippen molar-refractivity contribution in [2.45, 2.75) is 39.4 Å². The summed E-state index contributed by atoms with van der Waals surface area (Å²) in [6.07, 6.45) is 0. The van der Waals surface area contributed by atoms with E-state index in [-0.39, 0.29) is 6.54 Å². The number of benzene rings is 1. The fourth-order valence-corrected chi connectivity index (χ4v) is 3.71. The summed E-state index contributed by atoms with van der Waals surface area (Å²) >= 11 is 0. The number of anilines is 1. The molecule has 0 amide bonds. The molecule has 0 spiro atoms. The van der Waals surface area contributed by atoms with Crippen molar-refractivity contribution in [3.63, 3.8) is 0 Å². The zero-order valence-electron chi connectivity index (χ0n) is 18.0. The average Bonchev–Trinajstić information content (AvgIpc) is 3.08. The lowest BCUT2D eigenvalue weighted by Crippen LogP contribution is -2.44. The minimum Gasteiger partial charge on any atom is -0.343 e. The van der Waals surface area contributed by atoms with E-state index in [9.17, 15) is 14.9 Å². The molecular formula is C21H27N7O2. The Morgan fingerprint density at radius 2 is 1.90 bits per heavy atom. The highest BCUT2D eigenvalue weighted by atomic mass is 16.2. The number of imidazole rings is 1. The van der Waals surface area contributed by atoms with Gasteiger partial charge in [0.25, 0.3) is 5.56 Å². The first-order chi connectivity index (χ1) is 14.1. The van der Waals surface area contributed by atoms with Crippen LogP contribution < -0.4 is 21.9 Å². The van der Waals surface area contributed by atoms with E-state index in [2.05, 4.69) is 11.1 Å². The van der Waals surface area contributed by atoms with Crippen molar-refractivity contribution in [1.29, 1.82) is 5.26 Å². The van der Waals surface area contributed by atoms with E-state index in [1.165, 1.54) is 4.57 Å². The van der Waals surface area contributed by atoms with Gasteiger partial charge in [-0.25, -0.2) is 4.79 Å².